The van der Waals surface area contributed by atoms with Crippen molar-refractivity contribution in [2.45, 2.75) is 49.8 Å². The lowest BCUT2D eigenvalue weighted by molar-refractivity contribution is -0.121. The van der Waals surface area contributed by atoms with Crippen molar-refractivity contribution in [1.82, 2.24) is 5.32 Å². The molecule has 0 aromatic carbocycles. The van der Waals surface area contributed by atoms with Crippen LogP contribution in [-0.2, 0) is 9.53 Å². The number of amides is 1. The first-order valence-electron chi connectivity index (χ1n) is 6.47. The van der Waals surface area contributed by atoms with E-state index >= 15 is 0 Å². The van der Waals surface area contributed by atoms with Crippen LogP contribution in [0.3, 0.4) is 0 Å². The Labute approximate surface area is 113 Å². The van der Waals surface area contributed by atoms with Gasteiger partial charge in [-0.05, 0) is 19.8 Å². The van der Waals surface area contributed by atoms with Crippen molar-refractivity contribution in [3.63, 3.8) is 0 Å². The summed E-state index contributed by atoms with van der Waals surface area (Å²) in [7, 11) is 1.65. The number of nitrogens with one attached hydrogen (secondary N) is 1. The van der Waals surface area contributed by atoms with Crippen molar-refractivity contribution in [1.29, 1.82) is 5.26 Å². The Morgan fingerprint density at radius 3 is 2.72 bits per heavy atom. The van der Waals surface area contributed by atoms with Crippen molar-refractivity contribution >= 4 is 17.7 Å². The molecule has 1 saturated carbocycles. The van der Waals surface area contributed by atoms with Gasteiger partial charge in [0.2, 0.25) is 5.91 Å². The number of rotatable bonds is 6. The summed E-state index contributed by atoms with van der Waals surface area (Å²) in [5.74, 6) is 0.768. The largest absolute Gasteiger partial charge is 0.384 e. The van der Waals surface area contributed by atoms with Gasteiger partial charge >= 0.3 is 0 Å². The highest BCUT2D eigenvalue weighted by molar-refractivity contribution is 8.00. The highest BCUT2D eigenvalue weighted by atomic mass is 32.2. The second-order valence-corrected chi connectivity index (χ2v) is 6.20. The maximum Gasteiger partial charge on any atom is 0.234 e. The van der Waals surface area contributed by atoms with Gasteiger partial charge in [-0.15, -0.1) is 11.8 Å². The molecule has 0 unspecified atom stereocenters. The van der Waals surface area contributed by atoms with E-state index < -0.39 is 5.54 Å². The summed E-state index contributed by atoms with van der Waals surface area (Å²) in [6.07, 6.45) is 4.78. The van der Waals surface area contributed by atoms with Crippen LogP contribution in [0, 0.1) is 11.3 Å². The maximum atomic E-state index is 12.0. The second-order valence-electron chi connectivity index (χ2n) is 4.75. The zero-order valence-corrected chi connectivity index (χ0v) is 12.0. The van der Waals surface area contributed by atoms with Crippen LogP contribution < -0.4 is 5.32 Å². The van der Waals surface area contributed by atoms with E-state index in [2.05, 4.69) is 11.4 Å². The zero-order chi connectivity index (χ0) is 13.4. The van der Waals surface area contributed by atoms with Crippen molar-refractivity contribution < 1.29 is 9.53 Å². The van der Waals surface area contributed by atoms with Crippen LogP contribution in [0.2, 0.25) is 0 Å². The van der Waals surface area contributed by atoms with Crippen LogP contribution in [0.15, 0.2) is 0 Å². The van der Waals surface area contributed by atoms with Crippen LogP contribution in [0.1, 0.15) is 39.0 Å². The highest BCUT2D eigenvalue weighted by Gasteiger charge is 2.34. The molecule has 4 nitrogen and oxygen atoms in total. The third kappa shape index (κ3) is 4.51. The molecule has 0 aliphatic heterocycles. The number of nitriles is 1. The molecular weight excluding hydrogens is 248 g/mol. The van der Waals surface area contributed by atoms with E-state index in [1.54, 1.807) is 18.9 Å². The Hall–Kier alpha value is -0.730. The third-order valence-corrected chi connectivity index (χ3v) is 4.42. The fraction of sp³-hybridized carbons (Fsp3) is 0.846. The van der Waals surface area contributed by atoms with E-state index in [1.807, 2.05) is 6.92 Å². The molecule has 1 rings (SSSR count). The molecule has 1 amide bonds. The number of carbonyl (C=O) groups excluding carboxylic acids is 1. The predicted octanol–water partition coefficient (Wildman–Crippen LogP) is 2.10. The first kappa shape index (κ1) is 15.3. The van der Waals surface area contributed by atoms with Crippen molar-refractivity contribution in [3.05, 3.63) is 0 Å². The minimum Gasteiger partial charge on any atom is -0.384 e. The first-order chi connectivity index (χ1) is 8.63. The van der Waals surface area contributed by atoms with E-state index in [0.29, 0.717) is 6.61 Å². The van der Waals surface area contributed by atoms with Crippen LogP contribution in [0.5, 0.6) is 0 Å². The Bertz CT molecular complexity index is 309. The average molecular weight is 270 g/mol. The number of carbonyl (C=O) groups is 1. The molecule has 102 valence electrons. The molecule has 0 bridgehead atoms. The van der Waals surface area contributed by atoms with Crippen LogP contribution in [0.25, 0.3) is 0 Å². The summed E-state index contributed by atoms with van der Waals surface area (Å²) >= 11 is 1.56. The first-order valence-corrected chi connectivity index (χ1v) is 7.52. The van der Waals surface area contributed by atoms with Gasteiger partial charge in [-0.3, -0.25) is 4.79 Å². The van der Waals surface area contributed by atoms with E-state index in [1.165, 1.54) is 0 Å². The SMILES string of the molecule is COCCS[C@@H](C)C(=O)NC1(C#N)CCCCC1. The van der Waals surface area contributed by atoms with E-state index in [9.17, 15) is 10.1 Å². The molecule has 0 aromatic rings. The van der Waals surface area contributed by atoms with Crippen molar-refractivity contribution in [3.8, 4) is 6.07 Å². The molecule has 0 heterocycles. The lowest BCUT2D eigenvalue weighted by atomic mass is 9.83. The highest BCUT2D eigenvalue weighted by Crippen LogP contribution is 2.28. The quantitative estimate of drug-likeness (QED) is 0.751. The van der Waals surface area contributed by atoms with Gasteiger partial charge in [0.05, 0.1) is 17.9 Å². The van der Waals surface area contributed by atoms with Gasteiger partial charge in [-0.25, -0.2) is 0 Å². The molecule has 1 aliphatic carbocycles. The lowest BCUT2D eigenvalue weighted by Gasteiger charge is -2.32. The van der Waals surface area contributed by atoms with Gasteiger partial charge < -0.3 is 10.1 Å². The minimum absolute atomic E-state index is 0.0282. The molecule has 1 aliphatic rings. The molecule has 5 heteroatoms. The fourth-order valence-corrected chi connectivity index (χ4v) is 2.97. The lowest BCUT2D eigenvalue weighted by Crippen LogP contribution is -2.51. The fourth-order valence-electron chi connectivity index (χ4n) is 2.14. The standard InChI is InChI=1S/C13H22N2O2S/c1-11(18-9-8-17-2)12(16)15-13(10-14)6-4-3-5-7-13/h11H,3-9H2,1-2H3,(H,15,16)/t11-/m0/s1. The summed E-state index contributed by atoms with van der Waals surface area (Å²) in [6, 6.07) is 2.30. The normalized spacial score (nSPS) is 19.8. The van der Waals surface area contributed by atoms with Gasteiger partial charge in [0.25, 0.3) is 0 Å². The molecule has 1 fully saturated rings. The molecule has 0 aromatic heterocycles. The maximum absolute atomic E-state index is 12.0. The van der Waals surface area contributed by atoms with Crippen molar-refractivity contribution in [2.24, 2.45) is 0 Å². The van der Waals surface area contributed by atoms with E-state index in [0.717, 1.165) is 37.9 Å². The van der Waals surface area contributed by atoms with Gasteiger partial charge in [0.1, 0.15) is 5.54 Å². The third-order valence-electron chi connectivity index (χ3n) is 3.31. The topological polar surface area (TPSA) is 62.1 Å². The number of hydrogen-bond acceptors (Lipinski definition) is 4. The van der Waals surface area contributed by atoms with Crippen LogP contribution in [-0.4, -0.2) is 36.2 Å². The van der Waals surface area contributed by atoms with Gasteiger partial charge in [0, 0.05) is 12.9 Å². The average Bonchev–Trinajstić information content (AvgIpc) is 2.40. The molecule has 0 spiro atoms. The number of hydrogen-bond donors (Lipinski definition) is 1. The summed E-state index contributed by atoms with van der Waals surface area (Å²) in [5.41, 5.74) is -0.620. The predicted molar refractivity (Wildman–Crippen MR) is 73.4 cm³/mol. The second kappa shape index (κ2) is 7.65. The smallest absolute Gasteiger partial charge is 0.234 e. The Balaban J connectivity index is 2.44. The molecule has 1 N–H and O–H groups in total. The minimum atomic E-state index is -0.620. The van der Waals surface area contributed by atoms with Gasteiger partial charge in [-0.2, -0.15) is 5.26 Å². The molecule has 0 saturated heterocycles. The molecule has 0 radical (unpaired) electrons. The summed E-state index contributed by atoms with van der Waals surface area (Å²) in [5, 5.41) is 12.1. The van der Waals surface area contributed by atoms with Crippen LogP contribution >= 0.6 is 11.8 Å². The number of methoxy groups -OCH3 is 1. The van der Waals surface area contributed by atoms with Gasteiger partial charge in [0.15, 0.2) is 0 Å². The summed E-state index contributed by atoms with van der Waals surface area (Å²) in [6.45, 7) is 2.52. The summed E-state index contributed by atoms with van der Waals surface area (Å²) < 4.78 is 4.96. The summed E-state index contributed by atoms with van der Waals surface area (Å²) in [4.78, 5) is 12.0. The monoisotopic (exact) mass is 270 g/mol. The van der Waals surface area contributed by atoms with E-state index in [4.69, 9.17) is 4.74 Å². The number of ether oxygens (including phenoxy) is 1. The number of nitrogens with zero attached hydrogens (tertiary/aromatic N) is 1. The van der Waals surface area contributed by atoms with Gasteiger partial charge in [-0.1, -0.05) is 19.3 Å². The zero-order valence-electron chi connectivity index (χ0n) is 11.2. The molecule has 18 heavy (non-hydrogen) atoms. The van der Waals surface area contributed by atoms with Crippen LogP contribution in [0.4, 0.5) is 0 Å². The molecule has 1 atom stereocenters. The Morgan fingerprint density at radius 1 is 1.50 bits per heavy atom. The molecular formula is C13H22N2O2S. The Kier molecular flexibility index (Phi) is 6.51. The Morgan fingerprint density at radius 2 is 2.17 bits per heavy atom. The van der Waals surface area contributed by atoms with Crippen molar-refractivity contribution in [2.75, 3.05) is 19.5 Å². The van der Waals surface area contributed by atoms with E-state index in [-0.39, 0.29) is 11.2 Å². The number of thioether (sulfide) groups is 1.